The van der Waals surface area contributed by atoms with Crippen LogP contribution in [-0.2, 0) is 19.2 Å². The Hall–Kier alpha value is -4.48. The minimum absolute atomic E-state index is 0.0794. The van der Waals surface area contributed by atoms with Crippen LogP contribution in [0.15, 0.2) is 70.8 Å². The second-order valence-corrected chi connectivity index (χ2v) is 11.0. The summed E-state index contributed by atoms with van der Waals surface area (Å²) >= 11 is 0. The molecule has 2 aromatic rings. The fraction of sp³-hybridized carbons (Fsp3) is 0.290. The number of phenolic OH excluding ortho intramolecular Hbond substituents is 1. The topological polar surface area (TPSA) is 151 Å². The summed E-state index contributed by atoms with van der Waals surface area (Å²) in [4.78, 5) is 55.8. The van der Waals surface area contributed by atoms with E-state index in [1.54, 1.807) is 19.1 Å². The van der Waals surface area contributed by atoms with Crippen LogP contribution in [0.5, 0.6) is 17.2 Å². The van der Waals surface area contributed by atoms with Crippen molar-refractivity contribution < 1.29 is 43.8 Å². The molecule has 4 atom stereocenters. The van der Waals surface area contributed by atoms with Gasteiger partial charge in [0.05, 0.1) is 31.7 Å². The molecule has 6 rings (SSSR count). The van der Waals surface area contributed by atoms with Gasteiger partial charge in [0.1, 0.15) is 17.2 Å². The molecule has 11 heteroatoms. The van der Waals surface area contributed by atoms with Crippen molar-refractivity contribution in [1.29, 1.82) is 0 Å². The lowest BCUT2D eigenvalue weighted by Crippen LogP contribution is -2.40. The summed E-state index contributed by atoms with van der Waals surface area (Å²) in [7, 11) is 1.08. The Morgan fingerprint density at radius 1 is 0.976 bits per heavy atom. The third-order valence-electron chi connectivity index (χ3n) is 8.83. The number of imide groups is 1. The zero-order chi connectivity index (χ0) is 30.0. The number of methoxy groups -OCH3 is 2. The lowest BCUT2D eigenvalue weighted by Gasteiger charge is -2.42. The van der Waals surface area contributed by atoms with Crippen LogP contribution in [0.25, 0.3) is 0 Å². The van der Waals surface area contributed by atoms with Gasteiger partial charge in [-0.15, -0.1) is 0 Å². The van der Waals surface area contributed by atoms with E-state index in [4.69, 9.17) is 9.47 Å². The van der Waals surface area contributed by atoms with Crippen molar-refractivity contribution in [3.63, 3.8) is 0 Å². The normalized spacial score (nSPS) is 25.0. The zero-order valence-electron chi connectivity index (χ0n) is 23.2. The van der Waals surface area contributed by atoms with Crippen LogP contribution in [0.1, 0.15) is 31.2 Å². The fourth-order valence-corrected chi connectivity index (χ4v) is 6.96. The molecule has 1 fully saturated rings. The number of Topliss-reactive ketones (excluding diaryl/α,β-unsaturated/α-hetero) is 1. The number of ether oxygens (including phenoxy) is 2. The first kappa shape index (κ1) is 27.7. The first-order chi connectivity index (χ1) is 20.1. The minimum atomic E-state index is -1.78. The molecule has 2 amide bonds. The Balaban J connectivity index is 1.51. The zero-order valence-corrected chi connectivity index (χ0v) is 23.2. The quantitative estimate of drug-likeness (QED) is 0.212. The largest absolute Gasteiger partial charge is 0.507 e. The lowest BCUT2D eigenvalue weighted by molar-refractivity contribution is -0.123. The van der Waals surface area contributed by atoms with Crippen LogP contribution >= 0.6 is 0 Å². The second kappa shape index (κ2) is 10.1. The van der Waals surface area contributed by atoms with Gasteiger partial charge in [-0.25, -0.2) is 0 Å². The first-order valence-corrected chi connectivity index (χ1v) is 13.6. The van der Waals surface area contributed by atoms with Gasteiger partial charge in [-0.2, -0.15) is 0 Å². The Bertz CT molecular complexity index is 1670. The molecule has 4 unspecified atom stereocenters. The van der Waals surface area contributed by atoms with E-state index < -0.39 is 42.6 Å². The number of phenols is 1. The number of hydrogen-bond donors (Lipinski definition) is 3. The molecule has 3 N–H and O–H groups in total. The van der Waals surface area contributed by atoms with Crippen LogP contribution in [-0.4, -0.2) is 59.9 Å². The molecule has 1 heterocycles. The molecule has 3 aliphatic carbocycles. The monoisotopic (exact) mass is 569 g/mol. The number of aromatic hydroxyl groups is 1. The van der Waals surface area contributed by atoms with E-state index in [-0.39, 0.29) is 69.3 Å². The van der Waals surface area contributed by atoms with E-state index in [0.29, 0.717) is 11.3 Å². The van der Waals surface area contributed by atoms with Crippen molar-refractivity contribution in [2.24, 2.45) is 17.8 Å². The highest BCUT2D eigenvalue weighted by atomic mass is 16.5. The van der Waals surface area contributed by atoms with E-state index in [1.807, 2.05) is 6.08 Å². The van der Waals surface area contributed by atoms with Crippen molar-refractivity contribution >= 4 is 41.6 Å². The Morgan fingerprint density at radius 2 is 1.74 bits per heavy atom. The van der Waals surface area contributed by atoms with Crippen LogP contribution in [0, 0.1) is 17.8 Å². The average molecular weight is 569 g/mol. The molecular formula is C31H28BNO9. The van der Waals surface area contributed by atoms with Gasteiger partial charge in [0.25, 0.3) is 0 Å². The van der Waals surface area contributed by atoms with Gasteiger partial charge in [-0.3, -0.25) is 24.1 Å². The van der Waals surface area contributed by atoms with E-state index in [2.05, 4.69) is 0 Å². The van der Waals surface area contributed by atoms with Gasteiger partial charge in [0.15, 0.2) is 11.6 Å². The smallest absolute Gasteiger partial charge is 0.488 e. The highest BCUT2D eigenvalue weighted by molar-refractivity contribution is 6.58. The molecule has 0 saturated carbocycles. The standard InChI is InChI=1S/C31H28BNO9/c1-14-9-22(34)26-21(29(14)36)13-20-18(27(26)28-23(35)11-17(41-2)12-24(28)42-3)7-8-19-25(20)31(38)33(30(19)37)16-6-4-5-15(10-16)32(39)40/h4-7,9-12,19-20,25,27,35,39-40H,8,13H2,1-3H3. The fourth-order valence-electron chi connectivity index (χ4n) is 6.96. The number of benzene rings is 2. The SMILES string of the molecule is COc1cc(O)c(C2C3=CCC4C(=O)N(c5cccc(B(O)O)c5)C(=O)C4C3CC3=C2C(=O)C=C(C)C3=O)c(OC)c1. The van der Waals surface area contributed by atoms with Crippen LogP contribution < -0.4 is 19.8 Å². The van der Waals surface area contributed by atoms with Crippen LogP contribution in [0.4, 0.5) is 5.69 Å². The number of carbonyl (C=O) groups is 4. The van der Waals surface area contributed by atoms with Crippen molar-refractivity contribution in [2.75, 3.05) is 19.1 Å². The summed E-state index contributed by atoms with van der Waals surface area (Å²) in [5.41, 5.74) is 2.04. The minimum Gasteiger partial charge on any atom is -0.507 e. The number of rotatable bonds is 5. The molecule has 0 spiro atoms. The van der Waals surface area contributed by atoms with Gasteiger partial charge in [0, 0.05) is 40.3 Å². The number of fused-ring (bicyclic) bond motifs is 3. The van der Waals surface area contributed by atoms with Gasteiger partial charge in [-0.05, 0) is 49.4 Å². The molecule has 0 aromatic heterocycles. The molecule has 0 radical (unpaired) electrons. The molecule has 2 aromatic carbocycles. The number of hydrogen-bond acceptors (Lipinski definition) is 9. The maximum atomic E-state index is 14.1. The molecule has 4 aliphatic rings. The van der Waals surface area contributed by atoms with Crippen molar-refractivity contribution in [3.05, 3.63) is 76.4 Å². The van der Waals surface area contributed by atoms with Crippen molar-refractivity contribution in [3.8, 4) is 17.2 Å². The van der Waals surface area contributed by atoms with Crippen molar-refractivity contribution in [1.82, 2.24) is 0 Å². The highest BCUT2D eigenvalue weighted by Gasteiger charge is 2.57. The molecular weight excluding hydrogens is 541 g/mol. The molecule has 1 saturated heterocycles. The average Bonchev–Trinajstić information content (AvgIpc) is 3.24. The summed E-state index contributed by atoms with van der Waals surface area (Å²) in [6.07, 6.45) is 3.42. The summed E-state index contributed by atoms with van der Waals surface area (Å²) in [6, 6.07) is 8.92. The summed E-state index contributed by atoms with van der Waals surface area (Å²) in [6.45, 7) is 1.56. The third kappa shape index (κ3) is 4.03. The first-order valence-electron chi connectivity index (χ1n) is 13.6. The number of carbonyl (C=O) groups excluding carboxylic acids is 4. The van der Waals surface area contributed by atoms with Gasteiger partial charge >= 0.3 is 7.12 Å². The molecule has 42 heavy (non-hydrogen) atoms. The van der Waals surface area contributed by atoms with Gasteiger partial charge in [-0.1, -0.05) is 23.8 Å². The number of anilines is 1. The third-order valence-corrected chi connectivity index (χ3v) is 8.83. The van der Waals surface area contributed by atoms with Gasteiger partial charge in [0.2, 0.25) is 11.8 Å². The van der Waals surface area contributed by atoms with Crippen LogP contribution in [0.2, 0.25) is 0 Å². The highest BCUT2D eigenvalue weighted by Crippen LogP contribution is 2.58. The lowest BCUT2D eigenvalue weighted by atomic mass is 9.59. The van der Waals surface area contributed by atoms with E-state index in [9.17, 15) is 34.3 Å². The maximum Gasteiger partial charge on any atom is 0.488 e. The van der Waals surface area contributed by atoms with Crippen molar-refractivity contribution in [2.45, 2.75) is 25.7 Å². The Labute approximate surface area is 241 Å². The number of nitrogens with zero attached hydrogens (tertiary/aromatic N) is 1. The molecule has 1 aliphatic heterocycles. The van der Waals surface area contributed by atoms with Crippen LogP contribution in [0.3, 0.4) is 0 Å². The maximum absolute atomic E-state index is 14.1. The summed E-state index contributed by atoms with van der Waals surface area (Å²) < 4.78 is 10.9. The summed E-state index contributed by atoms with van der Waals surface area (Å²) in [5, 5.41) is 30.5. The number of amides is 2. The van der Waals surface area contributed by atoms with E-state index in [1.165, 1.54) is 44.6 Å². The second-order valence-electron chi connectivity index (χ2n) is 11.0. The predicted octanol–water partition coefficient (Wildman–Crippen LogP) is 1.72. The molecule has 214 valence electrons. The summed E-state index contributed by atoms with van der Waals surface area (Å²) in [5.74, 6) is -4.26. The molecule has 0 bridgehead atoms. The number of allylic oxidation sites excluding steroid dienone is 6. The van der Waals surface area contributed by atoms with Gasteiger partial charge < -0.3 is 24.6 Å². The molecule has 10 nitrogen and oxygen atoms in total. The Morgan fingerprint density at radius 3 is 2.43 bits per heavy atom. The predicted molar refractivity (Wildman–Crippen MR) is 151 cm³/mol. The number of ketones is 2. The Kier molecular flexibility index (Phi) is 6.66. The van der Waals surface area contributed by atoms with E-state index in [0.717, 1.165) is 4.90 Å². The van der Waals surface area contributed by atoms with E-state index >= 15 is 0 Å².